The smallest absolute Gasteiger partial charge is 0.231 e. The van der Waals surface area contributed by atoms with Crippen LogP contribution >= 0.6 is 11.6 Å². The minimum Gasteiger partial charge on any atom is -0.496 e. The number of Topliss-reactive ketones (excluding diaryl/α,β-unsaturated/α-hetero) is 2. The monoisotopic (exact) mass is 491 g/mol. The second kappa shape index (κ2) is 9.38. The number of halogens is 1. The molecule has 0 aromatic heterocycles. The van der Waals surface area contributed by atoms with Crippen molar-refractivity contribution in [3.05, 3.63) is 34.1 Å². The number of ether oxygens (including phenoxy) is 4. The summed E-state index contributed by atoms with van der Waals surface area (Å²) in [6.07, 6.45) is 2.53. The van der Waals surface area contributed by atoms with Gasteiger partial charge < -0.3 is 24.3 Å². The Kier molecular flexibility index (Phi) is 6.69. The second-order valence-corrected chi connectivity index (χ2v) is 9.00. The number of benzene rings is 1. The van der Waals surface area contributed by atoms with Gasteiger partial charge in [-0.15, -0.1) is 0 Å². The zero-order valence-electron chi connectivity index (χ0n) is 19.2. The summed E-state index contributed by atoms with van der Waals surface area (Å²) >= 11 is 6.57. The molecule has 3 aliphatic rings. The van der Waals surface area contributed by atoms with Gasteiger partial charge in [0.25, 0.3) is 0 Å². The zero-order valence-corrected chi connectivity index (χ0v) is 20.0. The van der Waals surface area contributed by atoms with Crippen molar-refractivity contribution in [3.8, 4) is 11.5 Å². The van der Waals surface area contributed by atoms with Gasteiger partial charge in [0.2, 0.25) is 17.3 Å². The lowest BCUT2D eigenvalue weighted by Gasteiger charge is -2.36. The highest BCUT2D eigenvalue weighted by Gasteiger charge is 2.59. The van der Waals surface area contributed by atoms with Crippen molar-refractivity contribution in [2.24, 2.45) is 11.8 Å². The first-order valence-electron chi connectivity index (χ1n) is 11.1. The van der Waals surface area contributed by atoms with Crippen LogP contribution in [0, 0.1) is 11.8 Å². The molecule has 1 saturated heterocycles. The maximum Gasteiger partial charge on any atom is 0.231 e. The Morgan fingerprint density at radius 3 is 2.56 bits per heavy atom. The Labute approximate surface area is 201 Å². The van der Waals surface area contributed by atoms with Gasteiger partial charge in [-0.05, 0) is 18.9 Å². The molecule has 2 aliphatic heterocycles. The van der Waals surface area contributed by atoms with E-state index in [1.807, 2.05) is 0 Å². The van der Waals surface area contributed by atoms with Crippen molar-refractivity contribution in [1.82, 2.24) is 5.32 Å². The van der Waals surface area contributed by atoms with Gasteiger partial charge in [-0.2, -0.15) is 0 Å². The maximum atomic E-state index is 13.6. The minimum atomic E-state index is -1.58. The highest BCUT2D eigenvalue weighted by molar-refractivity contribution is 6.37. The molecular formula is C24H26ClNO8. The second-order valence-electron chi connectivity index (χ2n) is 8.62. The fraction of sp³-hybridized carbons (Fsp3) is 0.500. The van der Waals surface area contributed by atoms with Crippen molar-refractivity contribution >= 4 is 34.9 Å². The van der Waals surface area contributed by atoms with Gasteiger partial charge >= 0.3 is 0 Å². The van der Waals surface area contributed by atoms with Crippen molar-refractivity contribution in [1.29, 1.82) is 0 Å². The summed E-state index contributed by atoms with van der Waals surface area (Å²) in [5, 5.41) is 2.59. The van der Waals surface area contributed by atoms with Gasteiger partial charge in [-0.3, -0.25) is 19.2 Å². The number of fused-ring (bicyclic) bond motifs is 1. The van der Waals surface area contributed by atoms with Crippen LogP contribution in [0.5, 0.6) is 11.5 Å². The van der Waals surface area contributed by atoms with Crippen molar-refractivity contribution in [2.45, 2.75) is 31.8 Å². The van der Waals surface area contributed by atoms with Crippen LogP contribution in [-0.4, -0.2) is 62.8 Å². The number of nitrogens with one attached hydrogen (secondary N) is 1. The first-order valence-corrected chi connectivity index (χ1v) is 11.4. The van der Waals surface area contributed by atoms with Crippen LogP contribution in [0.25, 0.3) is 0 Å². The summed E-state index contributed by atoms with van der Waals surface area (Å²) < 4.78 is 22.2. The van der Waals surface area contributed by atoms with Crippen molar-refractivity contribution < 1.29 is 38.1 Å². The molecule has 1 N–H and O–H groups in total. The minimum absolute atomic E-state index is 0.00530. The lowest BCUT2D eigenvalue weighted by molar-refractivity contribution is -0.127. The number of carbonyl (C=O) groups excluding carboxylic acids is 4. The number of ketones is 3. The normalized spacial score (nSPS) is 24.4. The van der Waals surface area contributed by atoms with Gasteiger partial charge in [0.15, 0.2) is 23.1 Å². The van der Waals surface area contributed by atoms with Gasteiger partial charge in [0.05, 0.1) is 25.8 Å². The molecule has 2 heterocycles. The molecule has 1 fully saturated rings. The largest absolute Gasteiger partial charge is 0.496 e. The SMILES string of the molecule is COC1=CC(=O)C[C@@H](C)[C@]12Oc1c(Cl)c(C(=O)CNC(=O)C3CCOCC3)cc(OC)c1C2=O. The number of hydrogen-bond acceptors (Lipinski definition) is 8. The topological polar surface area (TPSA) is 117 Å². The third-order valence-corrected chi connectivity index (χ3v) is 7.00. The van der Waals surface area contributed by atoms with E-state index in [4.69, 9.17) is 30.5 Å². The highest BCUT2D eigenvalue weighted by atomic mass is 35.5. The zero-order chi connectivity index (χ0) is 24.6. The van der Waals surface area contributed by atoms with Gasteiger partial charge in [-0.1, -0.05) is 18.5 Å². The quantitative estimate of drug-likeness (QED) is 0.603. The summed E-state index contributed by atoms with van der Waals surface area (Å²) in [5.41, 5.74) is -1.45. The molecule has 0 unspecified atom stereocenters. The Bertz CT molecular complexity index is 1090. The maximum absolute atomic E-state index is 13.6. The predicted octanol–water partition coefficient (Wildman–Crippen LogP) is 2.53. The van der Waals surface area contributed by atoms with E-state index in [2.05, 4.69) is 5.32 Å². The number of rotatable bonds is 6. The molecule has 34 heavy (non-hydrogen) atoms. The molecule has 1 aromatic rings. The predicted molar refractivity (Wildman–Crippen MR) is 120 cm³/mol. The van der Waals surface area contributed by atoms with Crippen LogP contribution in [-0.2, 0) is 19.1 Å². The van der Waals surface area contributed by atoms with Crippen LogP contribution in [0.15, 0.2) is 17.9 Å². The Hall–Kier alpha value is -2.91. The van der Waals surface area contributed by atoms with E-state index < -0.39 is 23.1 Å². The molecule has 0 bridgehead atoms. The molecule has 1 aliphatic carbocycles. The Balaban J connectivity index is 1.65. The van der Waals surface area contributed by atoms with E-state index in [1.54, 1.807) is 6.92 Å². The van der Waals surface area contributed by atoms with E-state index in [1.165, 1.54) is 26.4 Å². The number of hydrogen-bond donors (Lipinski definition) is 1. The molecule has 2 atom stereocenters. The highest BCUT2D eigenvalue weighted by Crippen LogP contribution is 2.53. The van der Waals surface area contributed by atoms with Gasteiger partial charge in [0, 0.05) is 43.1 Å². The molecule has 0 radical (unpaired) electrons. The number of carbonyl (C=O) groups is 4. The molecular weight excluding hydrogens is 466 g/mol. The fourth-order valence-corrected chi connectivity index (χ4v) is 5.04. The third kappa shape index (κ3) is 3.86. The van der Waals surface area contributed by atoms with Crippen LogP contribution < -0.4 is 14.8 Å². The van der Waals surface area contributed by atoms with Gasteiger partial charge in [0.1, 0.15) is 11.3 Å². The van der Waals surface area contributed by atoms with Crippen LogP contribution in [0.1, 0.15) is 46.9 Å². The Morgan fingerprint density at radius 2 is 1.91 bits per heavy atom. The third-order valence-electron chi connectivity index (χ3n) is 6.63. The molecule has 182 valence electrons. The molecule has 10 heteroatoms. The molecule has 1 aromatic carbocycles. The molecule has 4 rings (SSSR count). The van der Waals surface area contributed by atoms with Crippen LogP contribution in [0.2, 0.25) is 5.02 Å². The van der Waals surface area contributed by atoms with Crippen molar-refractivity contribution in [2.75, 3.05) is 34.0 Å². The van der Waals surface area contributed by atoms with Crippen LogP contribution in [0.4, 0.5) is 0 Å². The number of methoxy groups -OCH3 is 2. The molecule has 1 spiro atoms. The number of allylic oxidation sites excluding steroid dienone is 1. The van der Waals surface area contributed by atoms with Crippen molar-refractivity contribution in [3.63, 3.8) is 0 Å². The summed E-state index contributed by atoms with van der Waals surface area (Å²) in [6, 6.07) is 1.37. The number of amides is 1. The van der Waals surface area contributed by atoms with E-state index in [0.717, 1.165) is 0 Å². The average Bonchev–Trinajstić information content (AvgIpc) is 3.15. The summed E-state index contributed by atoms with van der Waals surface area (Å²) in [5.74, 6) is -1.89. The fourth-order valence-electron chi connectivity index (χ4n) is 4.74. The average molecular weight is 492 g/mol. The van der Waals surface area contributed by atoms with Crippen LogP contribution in [0.3, 0.4) is 0 Å². The van der Waals surface area contributed by atoms with E-state index in [-0.39, 0.29) is 64.0 Å². The summed E-state index contributed by atoms with van der Waals surface area (Å²) in [6.45, 7) is 2.46. The lowest BCUT2D eigenvalue weighted by atomic mass is 9.75. The molecule has 1 amide bonds. The van der Waals surface area contributed by atoms with Gasteiger partial charge in [-0.25, -0.2) is 0 Å². The van der Waals surface area contributed by atoms with E-state index >= 15 is 0 Å². The van der Waals surface area contributed by atoms with E-state index in [9.17, 15) is 19.2 Å². The first kappa shape index (κ1) is 24.2. The molecule has 0 saturated carbocycles. The van der Waals surface area contributed by atoms with E-state index in [0.29, 0.717) is 26.1 Å². The first-order chi connectivity index (χ1) is 16.2. The Morgan fingerprint density at radius 1 is 1.21 bits per heavy atom. The molecule has 9 nitrogen and oxygen atoms in total. The lowest BCUT2D eigenvalue weighted by Crippen LogP contribution is -2.51. The summed E-state index contributed by atoms with van der Waals surface area (Å²) in [7, 11) is 2.72. The summed E-state index contributed by atoms with van der Waals surface area (Å²) in [4.78, 5) is 51.1. The standard InChI is InChI=1S/C24H26ClNO8/c1-12-8-14(27)9-18(32-3)24(12)22(29)19-17(31-2)10-15(20(25)21(19)34-24)16(28)11-26-23(30)13-4-6-33-7-5-13/h9-10,12-13H,4-8,11H2,1-3H3,(H,26,30)/t12-,24+/m1/s1.